The molecule has 1 N–H and O–H groups in total. The smallest absolute Gasteiger partial charge is 0.168 e. The first-order valence-corrected chi connectivity index (χ1v) is 6.86. The van der Waals surface area contributed by atoms with Gasteiger partial charge >= 0.3 is 0 Å². The van der Waals surface area contributed by atoms with Gasteiger partial charge in [0.2, 0.25) is 0 Å². The second kappa shape index (κ2) is 5.40. The average Bonchev–Trinajstić information content (AvgIpc) is 2.91. The van der Waals surface area contributed by atoms with E-state index in [1.165, 1.54) is 0 Å². The number of ether oxygens (including phenoxy) is 1. The summed E-state index contributed by atoms with van der Waals surface area (Å²) >= 11 is 0. The van der Waals surface area contributed by atoms with Crippen LogP contribution in [0.1, 0.15) is 12.7 Å². The van der Waals surface area contributed by atoms with Gasteiger partial charge in [0.1, 0.15) is 17.4 Å². The SMILES string of the molecule is CCOc1ccc(-n2ncc3c(NC)nc(C)nc32)cc1. The molecule has 0 amide bonds. The molecule has 3 rings (SSSR count). The zero-order valence-electron chi connectivity index (χ0n) is 12.3. The monoisotopic (exact) mass is 283 g/mol. The number of nitrogens with zero attached hydrogens (tertiary/aromatic N) is 4. The van der Waals surface area contributed by atoms with Crippen molar-refractivity contribution in [2.75, 3.05) is 19.0 Å². The Morgan fingerprint density at radius 2 is 1.95 bits per heavy atom. The average molecular weight is 283 g/mol. The molecule has 0 spiro atoms. The van der Waals surface area contributed by atoms with Crippen LogP contribution in [-0.2, 0) is 0 Å². The van der Waals surface area contributed by atoms with Crippen LogP contribution in [0.5, 0.6) is 5.75 Å². The third-order valence-electron chi connectivity index (χ3n) is 3.17. The van der Waals surface area contributed by atoms with Crippen LogP contribution in [0, 0.1) is 6.92 Å². The first-order valence-electron chi connectivity index (χ1n) is 6.86. The van der Waals surface area contributed by atoms with E-state index in [4.69, 9.17) is 4.74 Å². The van der Waals surface area contributed by atoms with Crippen LogP contribution >= 0.6 is 0 Å². The molecule has 2 heterocycles. The Morgan fingerprint density at radius 1 is 1.19 bits per heavy atom. The fraction of sp³-hybridized carbons (Fsp3) is 0.267. The molecule has 108 valence electrons. The number of fused-ring (bicyclic) bond motifs is 1. The number of rotatable bonds is 4. The van der Waals surface area contributed by atoms with Crippen molar-refractivity contribution in [2.24, 2.45) is 0 Å². The van der Waals surface area contributed by atoms with E-state index in [2.05, 4.69) is 20.4 Å². The van der Waals surface area contributed by atoms with Gasteiger partial charge in [-0.3, -0.25) is 0 Å². The Hall–Kier alpha value is -2.63. The molecule has 21 heavy (non-hydrogen) atoms. The quantitative estimate of drug-likeness (QED) is 0.797. The third kappa shape index (κ3) is 2.40. The number of aryl methyl sites for hydroxylation is 1. The molecule has 0 bridgehead atoms. The second-order valence-corrected chi connectivity index (χ2v) is 4.59. The highest BCUT2D eigenvalue weighted by Gasteiger charge is 2.11. The molecule has 3 aromatic rings. The summed E-state index contributed by atoms with van der Waals surface area (Å²) in [7, 11) is 1.84. The van der Waals surface area contributed by atoms with Crippen molar-refractivity contribution in [3.8, 4) is 11.4 Å². The molecule has 0 fully saturated rings. The Balaban J connectivity index is 2.10. The summed E-state index contributed by atoms with van der Waals surface area (Å²) in [6.45, 7) is 4.49. The van der Waals surface area contributed by atoms with E-state index in [0.29, 0.717) is 12.4 Å². The lowest BCUT2D eigenvalue weighted by atomic mass is 10.3. The molecular formula is C15H17N5O. The van der Waals surface area contributed by atoms with Crippen LogP contribution in [0.3, 0.4) is 0 Å². The summed E-state index contributed by atoms with van der Waals surface area (Å²) in [5.41, 5.74) is 1.73. The number of hydrogen-bond donors (Lipinski definition) is 1. The Labute approximate surface area is 122 Å². The van der Waals surface area contributed by atoms with Crippen LogP contribution in [0.25, 0.3) is 16.7 Å². The number of anilines is 1. The van der Waals surface area contributed by atoms with Crippen molar-refractivity contribution in [3.05, 3.63) is 36.3 Å². The standard InChI is InChI=1S/C15H17N5O/c1-4-21-12-7-5-11(6-8-12)20-15-13(9-17-20)14(16-3)18-10(2)19-15/h5-9H,4H2,1-3H3,(H,16,18,19). The van der Waals surface area contributed by atoms with Crippen LogP contribution < -0.4 is 10.1 Å². The summed E-state index contributed by atoms with van der Waals surface area (Å²) in [5, 5.41) is 8.40. The highest BCUT2D eigenvalue weighted by atomic mass is 16.5. The minimum atomic E-state index is 0.655. The Kier molecular flexibility index (Phi) is 3.43. The first kappa shape index (κ1) is 13.4. The van der Waals surface area contributed by atoms with Crippen LogP contribution in [0.2, 0.25) is 0 Å². The summed E-state index contributed by atoms with van der Waals surface area (Å²) in [5.74, 6) is 2.34. The predicted octanol–water partition coefficient (Wildman–Crippen LogP) is 2.56. The molecule has 0 unspecified atom stereocenters. The van der Waals surface area contributed by atoms with Crippen molar-refractivity contribution >= 4 is 16.9 Å². The number of benzene rings is 1. The molecule has 1 aromatic carbocycles. The van der Waals surface area contributed by atoms with Gasteiger partial charge in [0, 0.05) is 7.05 Å². The van der Waals surface area contributed by atoms with E-state index in [1.807, 2.05) is 45.2 Å². The third-order valence-corrected chi connectivity index (χ3v) is 3.17. The van der Waals surface area contributed by atoms with Gasteiger partial charge in [-0.25, -0.2) is 14.6 Å². The summed E-state index contributed by atoms with van der Waals surface area (Å²) in [4.78, 5) is 8.87. The fourth-order valence-electron chi connectivity index (χ4n) is 2.25. The van der Waals surface area contributed by atoms with Crippen LogP contribution in [0.15, 0.2) is 30.5 Å². The van der Waals surface area contributed by atoms with Gasteiger partial charge in [-0.05, 0) is 38.1 Å². The molecular weight excluding hydrogens is 266 g/mol. The molecule has 6 nitrogen and oxygen atoms in total. The van der Waals surface area contributed by atoms with Crippen molar-refractivity contribution in [2.45, 2.75) is 13.8 Å². The molecule has 2 aromatic heterocycles. The van der Waals surface area contributed by atoms with Crippen molar-refractivity contribution in [1.29, 1.82) is 0 Å². The summed E-state index contributed by atoms with van der Waals surface area (Å²) in [6, 6.07) is 7.79. The van der Waals surface area contributed by atoms with Gasteiger partial charge in [-0.15, -0.1) is 0 Å². The number of aromatic nitrogens is 4. The van der Waals surface area contributed by atoms with E-state index >= 15 is 0 Å². The Morgan fingerprint density at radius 3 is 2.62 bits per heavy atom. The van der Waals surface area contributed by atoms with Crippen molar-refractivity contribution < 1.29 is 4.74 Å². The minimum Gasteiger partial charge on any atom is -0.494 e. The summed E-state index contributed by atoms with van der Waals surface area (Å²) in [6.07, 6.45) is 1.77. The van der Waals surface area contributed by atoms with Gasteiger partial charge in [-0.2, -0.15) is 5.10 Å². The molecule has 0 aliphatic rings. The highest BCUT2D eigenvalue weighted by molar-refractivity contribution is 5.87. The molecule has 0 saturated heterocycles. The van der Waals surface area contributed by atoms with E-state index in [9.17, 15) is 0 Å². The topological polar surface area (TPSA) is 64.9 Å². The summed E-state index contributed by atoms with van der Waals surface area (Å²) < 4.78 is 7.26. The van der Waals surface area contributed by atoms with Crippen LogP contribution in [-0.4, -0.2) is 33.4 Å². The van der Waals surface area contributed by atoms with Gasteiger partial charge in [-0.1, -0.05) is 0 Å². The van der Waals surface area contributed by atoms with E-state index in [0.717, 1.165) is 28.3 Å². The zero-order chi connectivity index (χ0) is 14.8. The first-order chi connectivity index (χ1) is 10.2. The maximum Gasteiger partial charge on any atom is 0.168 e. The molecule has 0 radical (unpaired) electrons. The predicted molar refractivity (Wildman–Crippen MR) is 82.1 cm³/mol. The fourth-order valence-corrected chi connectivity index (χ4v) is 2.25. The van der Waals surface area contributed by atoms with E-state index in [-0.39, 0.29) is 0 Å². The van der Waals surface area contributed by atoms with Crippen molar-refractivity contribution in [3.63, 3.8) is 0 Å². The van der Waals surface area contributed by atoms with E-state index < -0.39 is 0 Å². The van der Waals surface area contributed by atoms with Gasteiger partial charge in [0.15, 0.2) is 5.65 Å². The van der Waals surface area contributed by atoms with Crippen LogP contribution in [0.4, 0.5) is 5.82 Å². The zero-order valence-corrected chi connectivity index (χ0v) is 12.3. The lowest BCUT2D eigenvalue weighted by Crippen LogP contribution is -2.02. The lowest BCUT2D eigenvalue weighted by molar-refractivity contribution is 0.340. The largest absolute Gasteiger partial charge is 0.494 e. The highest BCUT2D eigenvalue weighted by Crippen LogP contribution is 2.23. The van der Waals surface area contributed by atoms with Gasteiger partial charge in [0.25, 0.3) is 0 Å². The Bertz CT molecular complexity index is 764. The molecule has 0 aliphatic carbocycles. The van der Waals surface area contributed by atoms with Crippen molar-refractivity contribution in [1.82, 2.24) is 19.7 Å². The van der Waals surface area contributed by atoms with Gasteiger partial charge in [0.05, 0.1) is 23.9 Å². The maximum atomic E-state index is 5.46. The lowest BCUT2D eigenvalue weighted by Gasteiger charge is -2.07. The number of hydrogen-bond acceptors (Lipinski definition) is 5. The van der Waals surface area contributed by atoms with Gasteiger partial charge < -0.3 is 10.1 Å². The second-order valence-electron chi connectivity index (χ2n) is 4.59. The molecule has 0 saturated carbocycles. The maximum absolute atomic E-state index is 5.46. The van der Waals surface area contributed by atoms with E-state index in [1.54, 1.807) is 10.9 Å². The molecule has 6 heteroatoms. The normalized spacial score (nSPS) is 10.8. The minimum absolute atomic E-state index is 0.655. The number of nitrogens with one attached hydrogen (secondary N) is 1. The molecule has 0 atom stereocenters. The molecule has 0 aliphatic heterocycles.